The van der Waals surface area contributed by atoms with Crippen molar-refractivity contribution in [3.05, 3.63) is 29.3 Å². The van der Waals surface area contributed by atoms with Crippen LogP contribution in [0.25, 0.3) is 0 Å². The lowest BCUT2D eigenvalue weighted by Crippen LogP contribution is -2.37. The Morgan fingerprint density at radius 2 is 1.68 bits per heavy atom. The molecule has 1 aromatic carbocycles. The summed E-state index contributed by atoms with van der Waals surface area (Å²) < 4.78 is 0. The van der Waals surface area contributed by atoms with E-state index in [0.717, 1.165) is 75.3 Å². The number of benzene rings is 1. The first kappa shape index (κ1) is 23.7. The van der Waals surface area contributed by atoms with E-state index in [1.807, 2.05) is 41.8 Å². The Bertz CT molecular complexity index is 749. The molecule has 6 nitrogen and oxygen atoms in total. The molecule has 1 fully saturated rings. The predicted molar refractivity (Wildman–Crippen MR) is 126 cm³/mol. The Labute approximate surface area is 188 Å². The van der Waals surface area contributed by atoms with Gasteiger partial charge in [0.1, 0.15) is 0 Å². The van der Waals surface area contributed by atoms with Gasteiger partial charge in [-0.05, 0) is 63.2 Å². The second kappa shape index (κ2) is 11.6. The number of rotatable bonds is 2. The molecule has 1 N–H and O–H groups in total. The maximum Gasteiger partial charge on any atom is 0.253 e. The monoisotopic (exact) mass is 428 g/mol. The van der Waals surface area contributed by atoms with Crippen LogP contribution in [0.15, 0.2) is 18.2 Å². The van der Waals surface area contributed by atoms with Gasteiger partial charge in [0.25, 0.3) is 5.91 Å². The van der Waals surface area contributed by atoms with Crippen molar-refractivity contribution in [2.75, 3.05) is 51.2 Å². The minimum atomic E-state index is -0.0517. The molecular weight excluding hydrogens is 388 g/mol. The smallest absolute Gasteiger partial charge is 0.253 e. The Kier molecular flexibility index (Phi) is 8.90. The lowest BCUT2D eigenvalue weighted by Gasteiger charge is -2.28. The standard InChI is InChI=1S/C25H40N4O2/c1-20(2)24(30)29-15-8-6-4-5-7-12-26-19-22-18-21(10-11-23(22)29)25(31)28-14-9-13-27(3)16-17-28/h10-11,18,20,26H,4-9,12-17,19H2,1-3H3. The van der Waals surface area contributed by atoms with Crippen molar-refractivity contribution in [3.8, 4) is 0 Å². The molecule has 1 saturated heterocycles. The van der Waals surface area contributed by atoms with Crippen LogP contribution in [0, 0.1) is 5.92 Å². The van der Waals surface area contributed by atoms with Crippen LogP contribution in [0.4, 0.5) is 5.69 Å². The van der Waals surface area contributed by atoms with Crippen LogP contribution in [0.2, 0.25) is 0 Å². The second-order valence-electron chi connectivity index (χ2n) is 9.38. The molecule has 0 aliphatic carbocycles. The highest BCUT2D eigenvalue weighted by Crippen LogP contribution is 2.26. The van der Waals surface area contributed by atoms with Gasteiger partial charge in [-0.2, -0.15) is 0 Å². The van der Waals surface area contributed by atoms with Crippen molar-refractivity contribution in [2.24, 2.45) is 5.92 Å². The zero-order valence-corrected chi connectivity index (χ0v) is 19.7. The molecule has 0 bridgehead atoms. The summed E-state index contributed by atoms with van der Waals surface area (Å²) in [5, 5.41) is 3.54. The first-order chi connectivity index (χ1) is 15.0. The van der Waals surface area contributed by atoms with Crippen LogP contribution in [0.3, 0.4) is 0 Å². The molecule has 6 heteroatoms. The number of amides is 2. The molecule has 0 atom stereocenters. The van der Waals surface area contributed by atoms with Gasteiger partial charge in [-0.25, -0.2) is 0 Å². The zero-order chi connectivity index (χ0) is 22.2. The van der Waals surface area contributed by atoms with E-state index >= 15 is 0 Å². The van der Waals surface area contributed by atoms with Gasteiger partial charge in [0.2, 0.25) is 5.91 Å². The molecule has 0 unspecified atom stereocenters. The molecule has 1 aromatic rings. The SMILES string of the molecule is CC(C)C(=O)N1CCCCCCCNCc2cc(C(=O)N3CCCN(C)CC3)ccc21. The van der Waals surface area contributed by atoms with Gasteiger partial charge in [-0.15, -0.1) is 0 Å². The summed E-state index contributed by atoms with van der Waals surface area (Å²) in [5.74, 6) is 0.211. The quantitative estimate of drug-likeness (QED) is 0.783. The lowest BCUT2D eigenvalue weighted by molar-refractivity contribution is -0.121. The van der Waals surface area contributed by atoms with Gasteiger partial charge in [-0.1, -0.05) is 33.1 Å². The van der Waals surface area contributed by atoms with Gasteiger partial charge >= 0.3 is 0 Å². The van der Waals surface area contributed by atoms with Crippen molar-refractivity contribution in [1.29, 1.82) is 0 Å². The Morgan fingerprint density at radius 1 is 0.903 bits per heavy atom. The van der Waals surface area contributed by atoms with Crippen LogP contribution in [0.1, 0.15) is 68.3 Å². The van der Waals surface area contributed by atoms with Gasteiger partial charge in [0.15, 0.2) is 0 Å². The molecule has 3 rings (SSSR count). The third-order valence-electron chi connectivity index (χ3n) is 6.43. The third-order valence-corrected chi connectivity index (χ3v) is 6.43. The van der Waals surface area contributed by atoms with Gasteiger partial charge in [0.05, 0.1) is 0 Å². The minimum Gasteiger partial charge on any atom is -0.337 e. The van der Waals surface area contributed by atoms with Crippen molar-refractivity contribution in [3.63, 3.8) is 0 Å². The molecule has 0 spiro atoms. The molecule has 2 amide bonds. The maximum atomic E-state index is 13.3. The van der Waals surface area contributed by atoms with Crippen molar-refractivity contribution in [2.45, 2.75) is 58.9 Å². The number of nitrogens with one attached hydrogen (secondary N) is 1. The number of likely N-dealkylation sites (N-methyl/N-ethyl adjacent to an activating group) is 1. The van der Waals surface area contributed by atoms with Crippen LogP contribution >= 0.6 is 0 Å². The predicted octanol–water partition coefficient (Wildman–Crippen LogP) is 3.51. The number of anilines is 1. The summed E-state index contributed by atoms with van der Waals surface area (Å²) in [6, 6.07) is 5.94. The first-order valence-electron chi connectivity index (χ1n) is 12.1. The number of hydrogen-bond acceptors (Lipinski definition) is 4. The fourth-order valence-corrected chi connectivity index (χ4v) is 4.49. The van der Waals surface area contributed by atoms with Crippen molar-refractivity contribution >= 4 is 17.5 Å². The van der Waals surface area contributed by atoms with Crippen LogP contribution < -0.4 is 10.2 Å². The van der Waals surface area contributed by atoms with Crippen LogP contribution in [0.5, 0.6) is 0 Å². The molecule has 2 heterocycles. The molecule has 172 valence electrons. The summed E-state index contributed by atoms with van der Waals surface area (Å²) in [7, 11) is 2.11. The van der Waals surface area contributed by atoms with E-state index in [-0.39, 0.29) is 17.7 Å². The average molecular weight is 429 g/mol. The van der Waals surface area contributed by atoms with Crippen molar-refractivity contribution < 1.29 is 9.59 Å². The molecule has 2 aliphatic heterocycles. The highest BCUT2D eigenvalue weighted by molar-refractivity contribution is 5.98. The Balaban J connectivity index is 1.89. The minimum absolute atomic E-state index is 0.0517. The van der Waals surface area contributed by atoms with Crippen LogP contribution in [-0.4, -0.2) is 67.9 Å². The molecular formula is C25H40N4O2. The first-order valence-corrected chi connectivity index (χ1v) is 12.1. The Hall–Kier alpha value is -1.92. The van der Waals surface area contributed by atoms with E-state index in [9.17, 15) is 9.59 Å². The highest BCUT2D eigenvalue weighted by atomic mass is 16.2. The highest BCUT2D eigenvalue weighted by Gasteiger charge is 2.24. The van der Waals surface area contributed by atoms with E-state index in [4.69, 9.17) is 0 Å². The van der Waals surface area contributed by atoms with Gasteiger partial charge in [0, 0.05) is 49.9 Å². The van der Waals surface area contributed by atoms with E-state index in [2.05, 4.69) is 17.3 Å². The normalized spacial score (nSPS) is 19.9. The molecule has 31 heavy (non-hydrogen) atoms. The molecule has 0 radical (unpaired) electrons. The summed E-state index contributed by atoms with van der Waals surface area (Å²) in [5.41, 5.74) is 2.74. The number of carbonyl (C=O) groups excluding carboxylic acids is 2. The van der Waals surface area contributed by atoms with E-state index in [1.165, 1.54) is 19.3 Å². The molecule has 0 saturated carbocycles. The summed E-state index contributed by atoms with van der Waals surface area (Å²) in [6.45, 7) is 9.83. The molecule has 0 aromatic heterocycles. The summed E-state index contributed by atoms with van der Waals surface area (Å²) in [4.78, 5) is 32.5. The van der Waals surface area contributed by atoms with Crippen molar-refractivity contribution in [1.82, 2.24) is 15.1 Å². The fraction of sp³-hybridized carbons (Fsp3) is 0.680. The average Bonchev–Trinajstić information content (AvgIpc) is 2.97. The zero-order valence-electron chi connectivity index (χ0n) is 19.7. The second-order valence-corrected chi connectivity index (χ2v) is 9.38. The van der Waals surface area contributed by atoms with Crippen LogP contribution in [-0.2, 0) is 11.3 Å². The number of fused-ring (bicyclic) bond motifs is 1. The third kappa shape index (κ3) is 6.53. The van der Waals surface area contributed by atoms with E-state index < -0.39 is 0 Å². The number of carbonyl (C=O) groups is 2. The number of hydrogen-bond donors (Lipinski definition) is 1. The topological polar surface area (TPSA) is 55.9 Å². The summed E-state index contributed by atoms with van der Waals surface area (Å²) in [6.07, 6.45) is 6.79. The largest absolute Gasteiger partial charge is 0.337 e. The van der Waals surface area contributed by atoms with E-state index in [0.29, 0.717) is 6.54 Å². The summed E-state index contributed by atoms with van der Waals surface area (Å²) >= 11 is 0. The maximum absolute atomic E-state index is 13.3. The van der Waals surface area contributed by atoms with E-state index in [1.54, 1.807) is 0 Å². The fourth-order valence-electron chi connectivity index (χ4n) is 4.49. The van der Waals surface area contributed by atoms with Gasteiger partial charge < -0.3 is 20.0 Å². The molecule has 2 aliphatic rings. The number of nitrogens with zero attached hydrogens (tertiary/aromatic N) is 3. The Morgan fingerprint density at radius 3 is 2.48 bits per heavy atom. The lowest BCUT2D eigenvalue weighted by atomic mass is 10.0. The van der Waals surface area contributed by atoms with Gasteiger partial charge in [-0.3, -0.25) is 9.59 Å².